The molecule has 1 amide bonds. The van der Waals surface area contributed by atoms with Gasteiger partial charge in [0, 0.05) is 47.2 Å². The maximum atomic E-state index is 14.1. The number of aliphatic hydroxyl groups is 1. The lowest BCUT2D eigenvalue weighted by atomic mass is 9.84. The van der Waals surface area contributed by atoms with Gasteiger partial charge in [-0.2, -0.15) is 0 Å². The number of halogens is 2. The van der Waals surface area contributed by atoms with Crippen molar-refractivity contribution < 1.29 is 23.8 Å². The summed E-state index contributed by atoms with van der Waals surface area (Å²) in [5.74, 6) is 0.150. The van der Waals surface area contributed by atoms with Gasteiger partial charge in [-0.25, -0.2) is 14.8 Å². The second kappa shape index (κ2) is 12.8. The van der Waals surface area contributed by atoms with E-state index < -0.39 is 17.6 Å². The van der Waals surface area contributed by atoms with Crippen molar-refractivity contribution in [3.05, 3.63) is 112 Å². The van der Waals surface area contributed by atoms with Gasteiger partial charge in [-0.05, 0) is 36.4 Å². The van der Waals surface area contributed by atoms with E-state index in [1.165, 1.54) is 6.07 Å². The van der Waals surface area contributed by atoms with Crippen molar-refractivity contribution in [1.29, 1.82) is 0 Å². The Labute approximate surface area is 229 Å². The third kappa shape index (κ3) is 6.12. The molecule has 3 N–H and O–H groups in total. The maximum absolute atomic E-state index is 14.1. The van der Waals surface area contributed by atoms with Gasteiger partial charge in [0.2, 0.25) is 5.90 Å². The van der Waals surface area contributed by atoms with Crippen molar-refractivity contribution >= 4 is 27.7 Å². The van der Waals surface area contributed by atoms with Gasteiger partial charge in [-0.15, -0.1) is 6.58 Å². The van der Waals surface area contributed by atoms with Crippen molar-refractivity contribution in [2.45, 2.75) is 31.0 Å². The molecule has 0 saturated carbocycles. The standard InChI is InChI=1S/C29H29BrFN3O4/c1-2-16-29(28(36)34-32-19-21-8-3-6-11-25(21)31)26(23-9-4-5-10-24(23)30)38-27(33-29)20-12-14-22(15-13-20)37-18-7-17-35/h2-6,8-15,26,32,35H,1,7,16-19H2,(H,34,36)/t26-,29-/m0/s1. The summed E-state index contributed by atoms with van der Waals surface area (Å²) < 4.78 is 26.8. The lowest BCUT2D eigenvalue weighted by Gasteiger charge is -2.30. The molecule has 0 aromatic heterocycles. The van der Waals surface area contributed by atoms with E-state index in [0.717, 1.165) is 10.0 Å². The molecule has 0 aliphatic carbocycles. The Bertz CT molecular complexity index is 1300. The van der Waals surface area contributed by atoms with Gasteiger partial charge < -0.3 is 14.6 Å². The molecule has 2 atom stereocenters. The molecular formula is C29H29BrFN3O4. The number of aliphatic hydroxyl groups excluding tert-OH is 1. The first-order valence-electron chi connectivity index (χ1n) is 12.2. The molecule has 3 aromatic carbocycles. The summed E-state index contributed by atoms with van der Waals surface area (Å²) in [7, 11) is 0. The van der Waals surface area contributed by atoms with Crippen LogP contribution in [0.3, 0.4) is 0 Å². The highest BCUT2D eigenvalue weighted by molar-refractivity contribution is 9.10. The van der Waals surface area contributed by atoms with Gasteiger partial charge in [0.1, 0.15) is 11.6 Å². The normalized spacial score (nSPS) is 18.4. The summed E-state index contributed by atoms with van der Waals surface area (Å²) in [4.78, 5) is 18.6. The van der Waals surface area contributed by atoms with E-state index in [9.17, 15) is 9.18 Å². The zero-order valence-corrected chi connectivity index (χ0v) is 22.3. The van der Waals surface area contributed by atoms with Crippen LogP contribution in [0.15, 0.2) is 94.9 Å². The molecule has 1 aliphatic rings. The fraction of sp³-hybridized carbons (Fsp3) is 0.241. The van der Waals surface area contributed by atoms with Crippen LogP contribution in [0.4, 0.5) is 4.39 Å². The minimum Gasteiger partial charge on any atom is -0.494 e. The molecule has 0 spiro atoms. The SMILES string of the molecule is C=CC[C@]1(C(=O)NNCc2ccccc2F)N=C(c2ccc(OCCCO)cc2)O[C@H]1c1ccccc1Br. The number of rotatable bonds is 12. The van der Waals surface area contributed by atoms with E-state index in [2.05, 4.69) is 33.4 Å². The Kier molecular flexibility index (Phi) is 9.28. The second-order valence-electron chi connectivity index (χ2n) is 8.70. The third-order valence-corrected chi connectivity index (χ3v) is 6.83. The fourth-order valence-electron chi connectivity index (χ4n) is 4.17. The summed E-state index contributed by atoms with van der Waals surface area (Å²) in [5.41, 5.74) is 6.01. The number of benzene rings is 3. The topological polar surface area (TPSA) is 92.2 Å². The van der Waals surface area contributed by atoms with E-state index in [4.69, 9.17) is 19.6 Å². The average Bonchev–Trinajstić information content (AvgIpc) is 3.31. The molecule has 4 rings (SSSR count). The molecule has 198 valence electrons. The molecule has 0 bridgehead atoms. The smallest absolute Gasteiger partial charge is 0.266 e. The number of carbonyl (C=O) groups is 1. The lowest BCUT2D eigenvalue weighted by Crippen LogP contribution is -2.52. The van der Waals surface area contributed by atoms with Gasteiger partial charge >= 0.3 is 0 Å². The molecule has 0 unspecified atom stereocenters. The molecule has 3 aromatic rings. The molecule has 38 heavy (non-hydrogen) atoms. The highest BCUT2D eigenvalue weighted by Crippen LogP contribution is 2.44. The Morgan fingerprint density at radius 2 is 1.89 bits per heavy atom. The molecule has 1 aliphatic heterocycles. The summed E-state index contributed by atoms with van der Waals surface area (Å²) in [6.07, 6.45) is 1.60. The van der Waals surface area contributed by atoms with Crippen molar-refractivity contribution in [1.82, 2.24) is 10.9 Å². The average molecular weight is 582 g/mol. The van der Waals surface area contributed by atoms with Crippen molar-refractivity contribution in [2.24, 2.45) is 4.99 Å². The number of nitrogens with zero attached hydrogens (tertiary/aromatic N) is 1. The van der Waals surface area contributed by atoms with Crippen molar-refractivity contribution in [3.8, 4) is 5.75 Å². The van der Waals surface area contributed by atoms with E-state index in [1.54, 1.807) is 36.4 Å². The molecule has 9 heteroatoms. The molecule has 0 radical (unpaired) electrons. The van der Waals surface area contributed by atoms with E-state index in [1.807, 2.05) is 36.4 Å². The second-order valence-corrected chi connectivity index (χ2v) is 9.56. The van der Waals surface area contributed by atoms with Gasteiger partial charge in [-0.3, -0.25) is 10.2 Å². The van der Waals surface area contributed by atoms with Crippen LogP contribution in [0.2, 0.25) is 0 Å². The summed E-state index contributed by atoms with van der Waals surface area (Å²) in [5, 5.41) is 8.96. The zero-order valence-electron chi connectivity index (χ0n) is 20.7. The molecular weight excluding hydrogens is 553 g/mol. The number of hydrazine groups is 1. The number of amides is 1. The van der Waals surface area contributed by atoms with Gasteiger partial charge in [0.25, 0.3) is 5.91 Å². The fourth-order valence-corrected chi connectivity index (χ4v) is 4.66. The molecule has 0 fully saturated rings. The minimum absolute atomic E-state index is 0.0573. The lowest BCUT2D eigenvalue weighted by molar-refractivity contribution is -0.130. The van der Waals surface area contributed by atoms with E-state index in [0.29, 0.717) is 35.8 Å². The first-order valence-corrected chi connectivity index (χ1v) is 13.0. The Hall–Kier alpha value is -3.53. The van der Waals surface area contributed by atoms with Crippen LogP contribution in [-0.2, 0) is 16.1 Å². The highest BCUT2D eigenvalue weighted by Gasteiger charge is 2.53. The van der Waals surface area contributed by atoms with E-state index in [-0.39, 0.29) is 25.4 Å². The Balaban J connectivity index is 1.63. The molecule has 7 nitrogen and oxygen atoms in total. The largest absolute Gasteiger partial charge is 0.494 e. The Morgan fingerprint density at radius 1 is 1.16 bits per heavy atom. The number of aliphatic imine (C=N–C) groups is 1. The predicted octanol–water partition coefficient (Wildman–Crippen LogP) is 5.00. The summed E-state index contributed by atoms with van der Waals surface area (Å²) >= 11 is 3.58. The number of nitrogens with one attached hydrogen (secondary N) is 2. The Morgan fingerprint density at radius 3 is 2.61 bits per heavy atom. The molecule has 1 heterocycles. The van der Waals surface area contributed by atoms with Crippen LogP contribution >= 0.6 is 15.9 Å². The quantitative estimate of drug-likeness (QED) is 0.159. The van der Waals surface area contributed by atoms with Gasteiger partial charge in [0.05, 0.1) is 6.61 Å². The van der Waals surface area contributed by atoms with Crippen molar-refractivity contribution in [2.75, 3.05) is 13.2 Å². The summed E-state index contributed by atoms with van der Waals surface area (Å²) in [6, 6.07) is 21.0. The summed E-state index contributed by atoms with van der Waals surface area (Å²) in [6.45, 7) is 4.42. The molecule has 0 saturated heterocycles. The number of hydrogen-bond acceptors (Lipinski definition) is 6. The highest BCUT2D eigenvalue weighted by atomic mass is 79.9. The van der Waals surface area contributed by atoms with Crippen LogP contribution < -0.4 is 15.6 Å². The van der Waals surface area contributed by atoms with Crippen LogP contribution in [0.1, 0.15) is 35.6 Å². The van der Waals surface area contributed by atoms with Crippen LogP contribution in [0.25, 0.3) is 0 Å². The van der Waals surface area contributed by atoms with Crippen LogP contribution in [-0.4, -0.2) is 35.7 Å². The van der Waals surface area contributed by atoms with E-state index >= 15 is 0 Å². The number of carbonyl (C=O) groups excluding carboxylic acids is 1. The van der Waals surface area contributed by atoms with Crippen LogP contribution in [0, 0.1) is 5.82 Å². The number of ether oxygens (including phenoxy) is 2. The van der Waals surface area contributed by atoms with Crippen molar-refractivity contribution in [3.63, 3.8) is 0 Å². The third-order valence-electron chi connectivity index (χ3n) is 6.11. The maximum Gasteiger partial charge on any atom is 0.266 e. The van der Waals surface area contributed by atoms with Gasteiger partial charge in [0.15, 0.2) is 11.6 Å². The first kappa shape index (κ1) is 27.5. The van der Waals surface area contributed by atoms with Crippen LogP contribution in [0.5, 0.6) is 5.75 Å². The first-order chi connectivity index (χ1) is 18.5. The van der Waals surface area contributed by atoms with Gasteiger partial charge in [-0.1, -0.05) is 58.4 Å². The minimum atomic E-state index is -1.38. The zero-order chi connectivity index (χ0) is 27.0. The number of hydrogen-bond donors (Lipinski definition) is 3. The monoisotopic (exact) mass is 581 g/mol. The predicted molar refractivity (Wildman–Crippen MR) is 147 cm³/mol.